The third-order valence-electron chi connectivity index (χ3n) is 4.90. The molecule has 0 aliphatic carbocycles. The maximum atomic E-state index is 15.5. The summed E-state index contributed by atoms with van der Waals surface area (Å²) in [5, 5.41) is 0. The Labute approximate surface area is 185 Å². The van der Waals surface area contributed by atoms with E-state index >= 15 is 4.39 Å². The van der Waals surface area contributed by atoms with Crippen molar-refractivity contribution in [2.75, 3.05) is 6.54 Å². The molecule has 0 bridgehead atoms. The van der Waals surface area contributed by atoms with E-state index in [1.165, 1.54) is 48.5 Å². The lowest BCUT2D eigenvalue weighted by Gasteiger charge is -2.27. The van der Waals surface area contributed by atoms with Crippen molar-refractivity contribution in [2.45, 2.75) is 56.7 Å². The van der Waals surface area contributed by atoms with Crippen LogP contribution < -0.4 is 0 Å². The Bertz CT molecular complexity index is 1040. The summed E-state index contributed by atoms with van der Waals surface area (Å²) in [6, 6.07) is 14.4. The highest BCUT2D eigenvalue weighted by molar-refractivity contribution is 8.04. The number of nitrogens with zero attached hydrogens (tertiary/aromatic N) is 1. The molecule has 2 aromatic rings. The molecule has 0 aliphatic rings. The Balaban J connectivity index is 2.67. The quantitative estimate of drug-likeness (QED) is 0.486. The first-order valence-electron chi connectivity index (χ1n) is 10.2. The number of hydrogen-bond acceptors (Lipinski definition) is 4. The van der Waals surface area contributed by atoms with Crippen molar-refractivity contribution in [3.8, 4) is 0 Å². The molecule has 2 rings (SSSR count). The van der Waals surface area contributed by atoms with Gasteiger partial charge in [0.05, 0.1) is 16.3 Å². The largest absolute Gasteiger partial charge is 0.256 e. The van der Waals surface area contributed by atoms with Gasteiger partial charge in [-0.2, -0.15) is 0 Å². The Kier molecular flexibility index (Phi) is 8.19. The van der Waals surface area contributed by atoms with Crippen LogP contribution in [0.3, 0.4) is 0 Å². The zero-order chi connectivity index (χ0) is 23.3. The van der Waals surface area contributed by atoms with E-state index < -0.39 is 37.8 Å². The molecule has 0 saturated carbocycles. The van der Waals surface area contributed by atoms with E-state index in [0.717, 1.165) is 12.8 Å². The Morgan fingerprint density at radius 2 is 1.26 bits per heavy atom. The third kappa shape index (κ3) is 6.02. The second kappa shape index (κ2) is 10.1. The third-order valence-corrected chi connectivity index (χ3v) is 9.14. The van der Waals surface area contributed by atoms with Gasteiger partial charge < -0.3 is 0 Å². The van der Waals surface area contributed by atoms with Crippen molar-refractivity contribution >= 4 is 20.0 Å². The Morgan fingerprint density at radius 1 is 0.839 bits per heavy atom. The van der Waals surface area contributed by atoms with E-state index in [0.29, 0.717) is 12.0 Å². The zero-order valence-electron chi connectivity index (χ0n) is 18.4. The van der Waals surface area contributed by atoms with Gasteiger partial charge in [0, 0.05) is 0 Å². The van der Waals surface area contributed by atoms with Crippen molar-refractivity contribution in [1.29, 1.82) is 0 Å². The van der Waals surface area contributed by atoms with Crippen LogP contribution in [0.15, 0.2) is 81.9 Å². The van der Waals surface area contributed by atoms with Gasteiger partial charge in [-0.15, -0.1) is 0 Å². The van der Waals surface area contributed by atoms with E-state index in [9.17, 15) is 16.8 Å². The minimum Gasteiger partial charge on any atom is -0.210 e. The van der Waals surface area contributed by atoms with Crippen LogP contribution in [-0.2, 0) is 20.0 Å². The van der Waals surface area contributed by atoms with Crippen molar-refractivity contribution in [1.82, 2.24) is 3.71 Å². The topological polar surface area (TPSA) is 71.5 Å². The molecular formula is C23H30FNO4S2. The van der Waals surface area contributed by atoms with Crippen LogP contribution in [0.4, 0.5) is 4.39 Å². The second-order valence-corrected chi connectivity index (χ2v) is 12.3. The van der Waals surface area contributed by atoms with Gasteiger partial charge in [0.25, 0.3) is 20.0 Å². The molecule has 0 atom stereocenters. The summed E-state index contributed by atoms with van der Waals surface area (Å²) in [4.78, 5) is -0.429. The van der Waals surface area contributed by atoms with Gasteiger partial charge in [-0.3, -0.25) is 0 Å². The highest BCUT2D eigenvalue weighted by atomic mass is 32.3. The summed E-state index contributed by atoms with van der Waals surface area (Å²) in [5.74, 6) is -0.736. The molecule has 0 aliphatic heterocycles. The molecule has 5 nitrogen and oxygen atoms in total. The highest BCUT2D eigenvalue weighted by Crippen LogP contribution is 2.35. The lowest BCUT2D eigenvalue weighted by Crippen LogP contribution is -2.38. The fraction of sp³-hybridized carbons (Fsp3) is 0.391. The molecule has 0 amide bonds. The van der Waals surface area contributed by atoms with E-state index in [1.807, 2.05) is 27.7 Å². The maximum Gasteiger partial charge on any atom is 0.256 e. The van der Waals surface area contributed by atoms with Crippen LogP contribution in [0.2, 0.25) is 0 Å². The molecule has 0 heterocycles. The van der Waals surface area contributed by atoms with Crippen LogP contribution in [0.25, 0.3) is 0 Å². The lowest BCUT2D eigenvalue weighted by atomic mass is 9.83. The molecule has 170 valence electrons. The first-order chi connectivity index (χ1) is 14.4. The summed E-state index contributed by atoms with van der Waals surface area (Å²) in [7, 11) is -9.06. The van der Waals surface area contributed by atoms with Crippen LogP contribution in [0.1, 0.15) is 47.0 Å². The number of rotatable bonds is 9. The predicted octanol–water partition coefficient (Wildman–Crippen LogP) is 5.53. The molecule has 0 fully saturated rings. The SMILES string of the molecule is CCCCC(=C(F)CN(S(=O)(=O)c1ccccc1)S(=O)(=O)c1ccccc1)C(C)(C)C. The van der Waals surface area contributed by atoms with Crippen molar-refractivity contribution in [3.63, 3.8) is 0 Å². The first-order valence-corrected chi connectivity index (χ1v) is 13.1. The fourth-order valence-electron chi connectivity index (χ4n) is 3.20. The maximum absolute atomic E-state index is 15.5. The van der Waals surface area contributed by atoms with Gasteiger partial charge in [0.2, 0.25) is 0 Å². The number of halogens is 1. The first kappa shape index (κ1) is 25.2. The molecular weight excluding hydrogens is 437 g/mol. The van der Waals surface area contributed by atoms with Crippen molar-refractivity contribution in [2.24, 2.45) is 5.41 Å². The molecule has 2 aromatic carbocycles. The van der Waals surface area contributed by atoms with E-state index in [4.69, 9.17) is 0 Å². The van der Waals surface area contributed by atoms with E-state index in [2.05, 4.69) is 0 Å². The number of hydrogen-bond donors (Lipinski definition) is 0. The number of unbranched alkanes of at least 4 members (excludes halogenated alkanes) is 1. The lowest BCUT2D eigenvalue weighted by molar-refractivity contribution is 0.421. The predicted molar refractivity (Wildman–Crippen MR) is 121 cm³/mol. The number of benzene rings is 2. The molecule has 31 heavy (non-hydrogen) atoms. The standard InChI is InChI=1S/C23H30FNO4S2/c1-5-6-17-21(23(2,3)4)22(24)18-25(30(26,27)19-13-9-7-10-14-19)31(28,29)20-15-11-8-12-16-20/h7-16H,5-6,17-18H2,1-4H3. The van der Waals surface area contributed by atoms with Crippen LogP contribution in [0.5, 0.6) is 0 Å². The molecule has 0 radical (unpaired) electrons. The van der Waals surface area contributed by atoms with Gasteiger partial charge in [-0.05, 0) is 48.1 Å². The van der Waals surface area contributed by atoms with Gasteiger partial charge in [-0.1, -0.05) is 74.2 Å². The van der Waals surface area contributed by atoms with Gasteiger partial charge in [0.1, 0.15) is 5.83 Å². The average Bonchev–Trinajstić information content (AvgIpc) is 2.72. The molecule has 0 saturated heterocycles. The summed E-state index contributed by atoms with van der Waals surface area (Å²) >= 11 is 0. The fourth-order valence-corrected chi connectivity index (χ4v) is 6.79. The van der Waals surface area contributed by atoms with Gasteiger partial charge in [-0.25, -0.2) is 21.2 Å². The minimum atomic E-state index is -4.53. The summed E-state index contributed by atoms with van der Waals surface area (Å²) in [6.45, 7) is 6.59. The van der Waals surface area contributed by atoms with E-state index in [1.54, 1.807) is 12.1 Å². The van der Waals surface area contributed by atoms with Crippen LogP contribution >= 0.6 is 0 Å². The smallest absolute Gasteiger partial charge is 0.210 e. The molecule has 0 aromatic heterocycles. The summed E-state index contributed by atoms with van der Waals surface area (Å²) in [5.41, 5.74) is -0.149. The van der Waals surface area contributed by atoms with E-state index in [-0.39, 0.29) is 13.5 Å². The molecule has 0 unspecified atom stereocenters. The average molecular weight is 468 g/mol. The number of sulfonamides is 2. The summed E-state index contributed by atoms with van der Waals surface area (Å²) < 4.78 is 69.1. The minimum absolute atomic E-state index is 0.215. The monoisotopic (exact) mass is 467 g/mol. The number of allylic oxidation sites excluding steroid dienone is 1. The van der Waals surface area contributed by atoms with Crippen LogP contribution in [-0.4, -0.2) is 27.1 Å². The molecule has 8 heteroatoms. The normalized spacial score (nSPS) is 13.9. The summed E-state index contributed by atoms with van der Waals surface area (Å²) in [6.07, 6.45) is 1.98. The van der Waals surface area contributed by atoms with Gasteiger partial charge >= 0.3 is 0 Å². The Morgan fingerprint density at radius 3 is 1.61 bits per heavy atom. The zero-order valence-corrected chi connectivity index (χ0v) is 20.0. The molecule has 0 spiro atoms. The second-order valence-electron chi connectivity index (χ2n) is 8.30. The van der Waals surface area contributed by atoms with Crippen LogP contribution in [0, 0.1) is 5.41 Å². The van der Waals surface area contributed by atoms with Crippen molar-refractivity contribution in [3.05, 3.63) is 72.1 Å². The highest BCUT2D eigenvalue weighted by Gasteiger charge is 2.38. The van der Waals surface area contributed by atoms with Gasteiger partial charge in [0.15, 0.2) is 0 Å². The Hall–Kier alpha value is -2.03. The van der Waals surface area contributed by atoms with Crippen molar-refractivity contribution < 1.29 is 21.2 Å². The molecule has 0 N–H and O–H groups in total.